The summed E-state index contributed by atoms with van der Waals surface area (Å²) in [4.78, 5) is 17.2. The molecular formula is C14H20N2O4. The van der Waals surface area contributed by atoms with Crippen molar-refractivity contribution in [1.29, 1.82) is 0 Å². The zero-order chi connectivity index (χ0) is 15.1. The second-order valence-corrected chi connectivity index (χ2v) is 4.20. The maximum absolute atomic E-state index is 11.3. The Morgan fingerprint density at radius 3 is 2.25 bits per heavy atom. The van der Waals surface area contributed by atoms with E-state index in [0.717, 1.165) is 0 Å². The summed E-state index contributed by atoms with van der Waals surface area (Å²) in [5.74, 6) is -0.152. The molecule has 6 heteroatoms. The second kappa shape index (κ2) is 7.37. The van der Waals surface area contributed by atoms with Crippen LogP contribution in [0.1, 0.15) is 24.2 Å². The van der Waals surface area contributed by atoms with Crippen molar-refractivity contribution in [2.45, 2.75) is 13.8 Å². The minimum Gasteiger partial charge on any atom is -0.490 e. The van der Waals surface area contributed by atoms with Gasteiger partial charge in [0.1, 0.15) is 0 Å². The Kier molecular flexibility index (Phi) is 5.83. The van der Waals surface area contributed by atoms with Gasteiger partial charge in [-0.3, -0.25) is 0 Å². The van der Waals surface area contributed by atoms with Gasteiger partial charge in [-0.05, 0) is 13.8 Å². The molecule has 0 saturated carbocycles. The Morgan fingerprint density at radius 2 is 1.80 bits per heavy atom. The summed E-state index contributed by atoms with van der Waals surface area (Å²) in [7, 11) is 3.61. The van der Waals surface area contributed by atoms with Gasteiger partial charge < -0.3 is 19.5 Å². The van der Waals surface area contributed by atoms with Gasteiger partial charge in [-0.25, -0.2) is 9.79 Å². The third-order valence-electron chi connectivity index (χ3n) is 2.32. The molecule has 20 heavy (non-hydrogen) atoms. The highest BCUT2D eigenvalue weighted by atomic mass is 16.5. The summed E-state index contributed by atoms with van der Waals surface area (Å²) < 4.78 is 10.9. The van der Waals surface area contributed by atoms with Crippen molar-refractivity contribution in [3.63, 3.8) is 0 Å². The molecule has 0 heterocycles. The lowest BCUT2D eigenvalue weighted by molar-refractivity contribution is 0.0697. The largest absolute Gasteiger partial charge is 0.490 e. The van der Waals surface area contributed by atoms with Crippen molar-refractivity contribution >= 4 is 18.0 Å². The van der Waals surface area contributed by atoms with Gasteiger partial charge in [0.25, 0.3) is 0 Å². The normalized spacial score (nSPS) is 10.6. The number of aliphatic imine (C=N–C) groups is 1. The first-order valence-electron chi connectivity index (χ1n) is 6.37. The molecule has 1 aromatic carbocycles. The number of carboxylic acids is 1. The first kappa shape index (κ1) is 15.8. The van der Waals surface area contributed by atoms with Crippen LogP contribution in [0.15, 0.2) is 17.1 Å². The molecule has 0 spiro atoms. The van der Waals surface area contributed by atoms with Crippen LogP contribution in [-0.2, 0) is 0 Å². The first-order chi connectivity index (χ1) is 9.49. The van der Waals surface area contributed by atoms with E-state index >= 15 is 0 Å². The quantitative estimate of drug-likeness (QED) is 0.613. The SMILES string of the molecule is CCOc1cc(N=CN(C)C)c(C(=O)O)cc1OCC. The van der Waals surface area contributed by atoms with Gasteiger partial charge in [-0.2, -0.15) is 0 Å². The first-order valence-corrected chi connectivity index (χ1v) is 6.37. The highest BCUT2D eigenvalue weighted by molar-refractivity contribution is 5.95. The number of hydrogen-bond donors (Lipinski definition) is 1. The predicted octanol–water partition coefficient (Wildman–Crippen LogP) is 2.40. The number of aromatic carboxylic acids is 1. The molecule has 110 valence electrons. The molecule has 6 nitrogen and oxygen atoms in total. The zero-order valence-corrected chi connectivity index (χ0v) is 12.2. The molecule has 0 atom stereocenters. The molecule has 0 aromatic heterocycles. The van der Waals surface area contributed by atoms with E-state index in [2.05, 4.69) is 4.99 Å². The molecule has 0 saturated heterocycles. The third-order valence-corrected chi connectivity index (χ3v) is 2.32. The smallest absolute Gasteiger partial charge is 0.338 e. The van der Waals surface area contributed by atoms with Crippen LogP contribution >= 0.6 is 0 Å². The Labute approximate surface area is 118 Å². The lowest BCUT2D eigenvalue weighted by Crippen LogP contribution is -2.08. The summed E-state index contributed by atoms with van der Waals surface area (Å²) in [5.41, 5.74) is 0.410. The molecule has 0 radical (unpaired) electrons. The van der Waals surface area contributed by atoms with E-state index < -0.39 is 5.97 Å². The second-order valence-electron chi connectivity index (χ2n) is 4.20. The number of carbonyl (C=O) groups is 1. The highest BCUT2D eigenvalue weighted by Crippen LogP contribution is 2.35. The molecule has 1 N–H and O–H groups in total. The van der Waals surface area contributed by atoms with E-state index in [1.807, 2.05) is 27.9 Å². The Balaban J connectivity index is 3.32. The van der Waals surface area contributed by atoms with Crippen molar-refractivity contribution in [3.8, 4) is 11.5 Å². The van der Waals surface area contributed by atoms with Crippen LogP contribution in [0.3, 0.4) is 0 Å². The fraction of sp³-hybridized carbons (Fsp3) is 0.429. The van der Waals surface area contributed by atoms with Crippen LogP contribution in [0.5, 0.6) is 11.5 Å². The topological polar surface area (TPSA) is 71.4 Å². The molecule has 1 aromatic rings. The van der Waals surface area contributed by atoms with Crippen LogP contribution < -0.4 is 9.47 Å². The average molecular weight is 280 g/mol. The molecule has 0 amide bonds. The van der Waals surface area contributed by atoms with Crippen molar-refractivity contribution in [1.82, 2.24) is 4.90 Å². The Hall–Kier alpha value is -2.24. The Morgan fingerprint density at radius 1 is 1.25 bits per heavy atom. The van der Waals surface area contributed by atoms with Crippen molar-refractivity contribution in [2.75, 3.05) is 27.3 Å². The van der Waals surface area contributed by atoms with E-state index in [1.54, 1.807) is 11.0 Å². The van der Waals surface area contributed by atoms with Gasteiger partial charge in [0.2, 0.25) is 0 Å². The van der Waals surface area contributed by atoms with Crippen LogP contribution in [0.2, 0.25) is 0 Å². The average Bonchev–Trinajstić information content (AvgIpc) is 2.38. The fourth-order valence-corrected chi connectivity index (χ4v) is 1.54. The van der Waals surface area contributed by atoms with Crippen molar-refractivity contribution < 1.29 is 19.4 Å². The number of ether oxygens (including phenoxy) is 2. The number of benzene rings is 1. The van der Waals surface area contributed by atoms with Gasteiger partial charge in [0.05, 0.1) is 30.8 Å². The van der Waals surface area contributed by atoms with Gasteiger partial charge in [-0.15, -0.1) is 0 Å². The lowest BCUT2D eigenvalue weighted by Gasteiger charge is -2.13. The van der Waals surface area contributed by atoms with Crippen LogP contribution in [0, 0.1) is 0 Å². The standard InChI is InChI=1S/C14H20N2O4/c1-5-19-12-7-10(14(17)18)11(15-9-16(3)4)8-13(12)20-6-2/h7-9H,5-6H2,1-4H3,(H,17,18). The molecule has 0 aliphatic carbocycles. The van der Waals surface area contributed by atoms with Gasteiger partial charge >= 0.3 is 5.97 Å². The Bertz CT molecular complexity index is 498. The minimum atomic E-state index is -1.06. The molecule has 0 bridgehead atoms. The van der Waals surface area contributed by atoms with E-state index in [1.165, 1.54) is 12.4 Å². The molecule has 0 aliphatic heterocycles. The van der Waals surface area contributed by atoms with E-state index in [0.29, 0.717) is 30.4 Å². The summed E-state index contributed by atoms with van der Waals surface area (Å²) in [6.07, 6.45) is 1.54. The maximum Gasteiger partial charge on any atom is 0.338 e. The monoisotopic (exact) mass is 280 g/mol. The molecule has 0 aliphatic rings. The molecular weight excluding hydrogens is 260 g/mol. The van der Waals surface area contributed by atoms with Crippen molar-refractivity contribution in [2.24, 2.45) is 4.99 Å². The fourth-order valence-electron chi connectivity index (χ4n) is 1.54. The van der Waals surface area contributed by atoms with Gasteiger partial charge in [0.15, 0.2) is 11.5 Å². The number of rotatable bonds is 7. The van der Waals surface area contributed by atoms with E-state index in [9.17, 15) is 9.90 Å². The van der Waals surface area contributed by atoms with Crippen molar-refractivity contribution in [3.05, 3.63) is 17.7 Å². The highest BCUT2D eigenvalue weighted by Gasteiger charge is 2.16. The number of nitrogens with zero attached hydrogens (tertiary/aromatic N) is 2. The molecule has 0 fully saturated rings. The van der Waals surface area contributed by atoms with Crippen LogP contribution in [0.25, 0.3) is 0 Å². The van der Waals surface area contributed by atoms with Crippen LogP contribution in [0.4, 0.5) is 5.69 Å². The van der Waals surface area contributed by atoms with Crippen LogP contribution in [-0.4, -0.2) is 49.6 Å². The van der Waals surface area contributed by atoms with E-state index in [4.69, 9.17) is 9.47 Å². The summed E-state index contributed by atoms with van der Waals surface area (Å²) in [5, 5.41) is 9.26. The zero-order valence-electron chi connectivity index (χ0n) is 12.2. The predicted molar refractivity (Wildman–Crippen MR) is 77.6 cm³/mol. The molecule has 1 rings (SSSR count). The maximum atomic E-state index is 11.3. The number of hydrogen-bond acceptors (Lipinski definition) is 4. The van der Waals surface area contributed by atoms with Gasteiger partial charge in [0, 0.05) is 26.2 Å². The molecule has 0 unspecified atom stereocenters. The third kappa shape index (κ3) is 4.15. The number of carboxylic acid groups (broad SMARTS) is 1. The van der Waals surface area contributed by atoms with E-state index in [-0.39, 0.29) is 5.56 Å². The van der Waals surface area contributed by atoms with Gasteiger partial charge in [-0.1, -0.05) is 0 Å². The summed E-state index contributed by atoms with van der Waals surface area (Å²) in [6, 6.07) is 3.02. The summed E-state index contributed by atoms with van der Waals surface area (Å²) in [6.45, 7) is 4.57. The summed E-state index contributed by atoms with van der Waals surface area (Å²) >= 11 is 0. The minimum absolute atomic E-state index is 0.0787. The lowest BCUT2D eigenvalue weighted by atomic mass is 10.1.